The zero-order valence-corrected chi connectivity index (χ0v) is 16.1. The van der Waals surface area contributed by atoms with Crippen molar-refractivity contribution in [2.24, 2.45) is 0 Å². The highest BCUT2D eigenvalue weighted by Crippen LogP contribution is 2.38. The number of nitrogens with one attached hydrogen (secondary N) is 1. The summed E-state index contributed by atoms with van der Waals surface area (Å²) in [4.78, 5) is 19.2. The van der Waals surface area contributed by atoms with E-state index >= 15 is 0 Å². The van der Waals surface area contributed by atoms with Crippen molar-refractivity contribution in [3.63, 3.8) is 0 Å². The standard InChI is InChI=1S/C19H23ClN4O3/c1-12-21-19(23-22-12)14-4-2-5-24(11-14)17(25)10-13-8-15(20)18-16(9-13)26-6-3-7-27-18/h8-9,14H,2-7,10-11H2,1H3,(H,21,22,23). The van der Waals surface area contributed by atoms with Crippen LogP contribution in [0.1, 0.15) is 42.4 Å². The Labute approximate surface area is 163 Å². The van der Waals surface area contributed by atoms with Crippen LogP contribution in [0.25, 0.3) is 0 Å². The average molecular weight is 391 g/mol. The molecular formula is C19H23ClN4O3. The first kappa shape index (κ1) is 18.1. The molecule has 2 aliphatic rings. The highest BCUT2D eigenvalue weighted by Gasteiger charge is 2.27. The topological polar surface area (TPSA) is 80.3 Å². The molecule has 0 radical (unpaired) electrons. The van der Waals surface area contributed by atoms with Gasteiger partial charge in [-0.05, 0) is 37.5 Å². The van der Waals surface area contributed by atoms with Crippen molar-refractivity contribution < 1.29 is 14.3 Å². The van der Waals surface area contributed by atoms with Gasteiger partial charge in [-0.25, -0.2) is 4.98 Å². The van der Waals surface area contributed by atoms with Crippen molar-refractivity contribution in [1.29, 1.82) is 0 Å². The van der Waals surface area contributed by atoms with Gasteiger partial charge in [-0.1, -0.05) is 11.6 Å². The monoisotopic (exact) mass is 390 g/mol. The van der Waals surface area contributed by atoms with Gasteiger partial charge in [-0.2, -0.15) is 5.10 Å². The summed E-state index contributed by atoms with van der Waals surface area (Å²) in [5, 5.41) is 7.64. The van der Waals surface area contributed by atoms with E-state index in [2.05, 4.69) is 15.2 Å². The van der Waals surface area contributed by atoms with Gasteiger partial charge in [-0.15, -0.1) is 0 Å². The summed E-state index contributed by atoms with van der Waals surface area (Å²) >= 11 is 6.34. The van der Waals surface area contributed by atoms with E-state index in [1.165, 1.54) is 0 Å². The lowest BCUT2D eigenvalue weighted by Gasteiger charge is -2.31. The number of piperidine rings is 1. The molecular weight excluding hydrogens is 368 g/mol. The van der Waals surface area contributed by atoms with Gasteiger partial charge in [0.2, 0.25) is 5.91 Å². The summed E-state index contributed by atoms with van der Waals surface area (Å²) in [5.41, 5.74) is 0.838. The number of ether oxygens (including phenoxy) is 2. The number of aryl methyl sites for hydroxylation is 1. The molecule has 0 saturated carbocycles. The van der Waals surface area contributed by atoms with E-state index in [0.29, 0.717) is 36.3 Å². The number of nitrogens with zero attached hydrogens (tertiary/aromatic N) is 3. The van der Waals surface area contributed by atoms with Gasteiger partial charge in [0.25, 0.3) is 0 Å². The fourth-order valence-electron chi connectivity index (χ4n) is 3.63. The van der Waals surface area contributed by atoms with Gasteiger partial charge in [-0.3, -0.25) is 9.89 Å². The molecule has 1 aromatic carbocycles. The maximum Gasteiger partial charge on any atom is 0.227 e. The summed E-state index contributed by atoms with van der Waals surface area (Å²) in [6.07, 6.45) is 3.05. The molecule has 0 bridgehead atoms. The van der Waals surface area contributed by atoms with E-state index in [4.69, 9.17) is 21.1 Å². The number of hydrogen-bond acceptors (Lipinski definition) is 5. The predicted molar refractivity (Wildman–Crippen MR) is 100 cm³/mol. The minimum atomic E-state index is 0.0810. The summed E-state index contributed by atoms with van der Waals surface area (Å²) < 4.78 is 11.4. The number of carbonyl (C=O) groups is 1. The molecule has 8 heteroatoms. The Kier molecular flexibility index (Phi) is 5.20. The molecule has 3 heterocycles. The summed E-state index contributed by atoms with van der Waals surface area (Å²) in [7, 11) is 0. The number of aromatic nitrogens is 3. The normalized spacial score (nSPS) is 19.6. The third-order valence-corrected chi connectivity index (χ3v) is 5.25. The van der Waals surface area contributed by atoms with Crippen LogP contribution < -0.4 is 9.47 Å². The van der Waals surface area contributed by atoms with E-state index in [9.17, 15) is 4.79 Å². The minimum absolute atomic E-state index is 0.0810. The van der Waals surface area contributed by atoms with E-state index < -0.39 is 0 Å². The number of H-pyrrole nitrogens is 1. The van der Waals surface area contributed by atoms with Crippen molar-refractivity contribution in [3.8, 4) is 11.5 Å². The molecule has 1 atom stereocenters. The lowest BCUT2D eigenvalue weighted by Crippen LogP contribution is -2.40. The molecule has 1 amide bonds. The first-order valence-electron chi connectivity index (χ1n) is 9.35. The van der Waals surface area contributed by atoms with E-state index in [1.807, 2.05) is 17.9 Å². The molecule has 1 saturated heterocycles. The molecule has 0 spiro atoms. The quantitative estimate of drug-likeness (QED) is 0.871. The maximum atomic E-state index is 12.9. The number of amides is 1. The molecule has 2 aliphatic heterocycles. The van der Waals surface area contributed by atoms with E-state index in [-0.39, 0.29) is 18.2 Å². The lowest BCUT2D eigenvalue weighted by atomic mass is 9.96. The average Bonchev–Trinajstić information content (AvgIpc) is 2.95. The highest BCUT2D eigenvalue weighted by atomic mass is 35.5. The molecule has 4 rings (SSSR count). The number of hydrogen-bond donors (Lipinski definition) is 1. The Balaban J connectivity index is 1.45. The molecule has 144 valence electrons. The van der Waals surface area contributed by atoms with Crippen molar-refractivity contribution >= 4 is 17.5 Å². The van der Waals surface area contributed by atoms with Gasteiger partial charge < -0.3 is 14.4 Å². The largest absolute Gasteiger partial charge is 0.489 e. The molecule has 27 heavy (non-hydrogen) atoms. The second-order valence-corrected chi connectivity index (χ2v) is 7.50. The van der Waals surface area contributed by atoms with Crippen LogP contribution in [-0.4, -0.2) is 52.3 Å². The summed E-state index contributed by atoms with van der Waals surface area (Å²) in [6.45, 7) is 4.47. The second-order valence-electron chi connectivity index (χ2n) is 7.09. The Morgan fingerprint density at radius 1 is 1.33 bits per heavy atom. The van der Waals surface area contributed by atoms with Crippen LogP contribution in [-0.2, 0) is 11.2 Å². The van der Waals surface area contributed by atoms with E-state index in [0.717, 1.165) is 43.0 Å². The molecule has 0 aliphatic carbocycles. The van der Waals surface area contributed by atoms with Gasteiger partial charge in [0.15, 0.2) is 17.3 Å². The first-order chi connectivity index (χ1) is 13.1. The van der Waals surface area contributed by atoms with Crippen molar-refractivity contribution in [1.82, 2.24) is 20.1 Å². The van der Waals surface area contributed by atoms with Crippen molar-refractivity contribution in [2.45, 2.75) is 38.5 Å². The zero-order valence-electron chi connectivity index (χ0n) is 15.3. The van der Waals surface area contributed by atoms with Crippen molar-refractivity contribution in [3.05, 3.63) is 34.4 Å². The third kappa shape index (κ3) is 4.03. The number of fused-ring (bicyclic) bond motifs is 1. The summed E-state index contributed by atoms with van der Waals surface area (Å²) in [5.74, 6) is 3.05. The number of aromatic amines is 1. The van der Waals surface area contributed by atoms with Crippen LogP contribution in [0.3, 0.4) is 0 Å². The smallest absolute Gasteiger partial charge is 0.227 e. The minimum Gasteiger partial charge on any atom is -0.489 e. The number of rotatable bonds is 3. The van der Waals surface area contributed by atoms with Crippen LogP contribution in [0.4, 0.5) is 0 Å². The van der Waals surface area contributed by atoms with E-state index in [1.54, 1.807) is 6.07 Å². The number of carbonyl (C=O) groups excluding carboxylic acids is 1. The second kappa shape index (κ2) is 7.76. The van der Waals surface area contributed by atoms with Crippen LogP contribution in [0.15, 0.2) is 12.1 Å². The van der Waals surface area contributed by atoms with Gasteiger partial charge in [0, 0.05) is 25.4 Å². The Morgan fingerprint density at radius 2 is 2.19 bits per heavy atom. The number of benzene rings is 1. The van der Waals surface area contributed by atoms with Crippen LogP contribution in [0.5, 0.6) is 11.5 Å². The fraction of sp³-hybridized carbons (Fsp3) is 0.526. The van der Waals surface area contributed by atoms with Gasteiger partial charge in [0.1, 0.15) is 5.82 Å². The Hall–Kier alpha value is -2.28. The number of likely N-dealkylation sites (tertiary alicyclic amines) is 1. The first-order valence-corrected chi connectivity index (χ1v) is 9.72. The molecule has 1 fully saturated rings. The third-order valence-electron chi connectivity index (χ3n) is 4.97. The van der Waals surface area contributed by atoms with Gasteiger partial charge in [0.05, 0.1) is 24.7 Å². The fourth-order valence-corrected chi connectivity index (χ4v) is 3.92. The molecule has 7 nitrogen and oxygen atoms in total. The molecule has 1 aromatic heterocycles. The highest BCUT2D eigenvalue weighted by molar-refractivity contribution is 6.32. The number of halogens is 1. The Bertz CT molecular complexity index is 838. The maximum absolute atomic E-state index is 12.9. The van der Waals surface area contributed by atoms with Crippen LogP contribution in [0.2, 0.25) is 5.02 Å². The lowest BCUT2D eigenvalue weighted by molar-refractivity contribution is -0.131. The Morgan fingerprint density at radius 3 is 3.00 bits per heavy atom. The van der Waals surface area contributed by atoms with Gasteiger partial charge >= 0.3 is 0 Å². The van der Waals surface area contributed by atoms with Crippen LogP contribution in [0, 0.1) is 6.92 Å². The molecule has 1 unspecified atom stereocenters. The SMILES string of the molecule is Cc1nc(C2CCCN(C(=O)Cc3cc(Cl)c4c(c3)OCCCO4)C2)n[nH]1. The summed E-state index contributed by atoms with van der Waals surface area (Å²) in [6, 6.07) is 3.66. The molecule has 1 N–H and O–H groups in total. The molecule has 2 aromatic rings. The zero-order chi connectivity index (χ0) is 18.8. The predicted octanol–water partition coefficient (Wildman–Crippen LogP) is 2.88. The van der Waals surface area contributed by atoms with Crippen molar-refractivity contribution in [2.75, 3.05) is 26.3 Å². The van der Waals surface area contributed by atoms with Crippen LogP contribution >= 0.6 is 11.6 Å².